The van der Waals surface area contributed by atoms with E-state index in [1.807, 2.05) is 24.3 Å². The molecule has 1 aliphatic rings. The molecule has 0 bridgehead atoms. The van der Waals surface area contributed by atoms with Gasteiger partial charge in [-0.15, -0.1) is 0 Å². The van der Waals surface area contributed by atoms with Gasteiger partial charge in [0.05, 0.1) is 11.6 Å². The molecular formula is C30H28BrNO. The van der Waals surface area contributed by atoms with Crippen LogP contribution in [0, 0.1) is 0 Å². The molecule has 1 unspecified atom stereocenters. The van der Waals surface area contributed by atoms with Crippen molar-refractivity contribution in [1.82, 2.24) is 4.90 Å². The van der Waals surface area contributed by atoms with Gasteiger partial charge in [-0.2, -0.15) is 0 Å². The molecule has 1 aliphatic heterocycles. The normalized spacial score (nSPS) is 17.7. The molecule has 2 atom stereocenters. The van der Waals surface area contributed by atoms with Gasteiger partial charge in [0.1, 0.15) is 0 Å². The minimum Gasteiger partial charge on any atom is -0.387 e. The summed E-state index contributed by atoms with van der Waals surface area (Å²) in [6.07, 6.45) is 1.42. The molecule has 0 amide bonds. The maximum atomic E-state index is 11.6. The molecule has 5 rings (SSSR count). The molecule has 0 spiro atoms. The van der Waals surface area contributed by atoms with E-state index in [2.05, 4.69) is 112 Å². The van der Waals surface area contributed by atoms with Gasteiger partial charge in [0.2, 0.25) is 0 Å². The fourth-order valence-corrected chi connectivity index (χ4v) is 5.72. The number of rotatable bonds is 6. The van der Waals surface area contributed by atoms with Crippen molar-refractivity contribution in [2.24, 2.45) is 0 Å². The third kappa shape index (κ3) is 4.06. The zero-order chi connectivity index (χ0) is 22.7. The second-order valence-corrected chi connectivity index (χ2v) is 9.62. The summed E-state index contributed by atoms with van der Waals surface area (Å²) in [6.45, 7) is 0.914. The van der Waals surface area contributed by atoms with Crippen LogP contribution in [-0.2, 0) is 5.54 Å². The Labute approximate surface area is 204 Å². The summed E-state index contributed by atoms with van der Waals surface area (Å²) in [4.78, 5) is 2.54. The van der Waals surface area contributed by atoms with Crippen LogP contribution < -0.4 is 0 Å². The first kappa shape index (κ1) is 22.1. The number of aliphatic hydroxyl groups is 1. The molecule has 1 fully saturated rings. The van der Waals surface area contributed by atoms with Gasteiger partial charge in [-0.1, -0.05) is 119 Å². The summed E-state index contributed by atoms with van der Waals surface area (Å²) in [5, 5.41) is 11.6. The minimum atomic E-state index is -0.573. The topological polar surface area (TPSA) is 23.5 Å². The summed E-state index contributed by atoms with van der Waals surface area (Å²) in [7, 11) is 0. The van der Waals surface area contributed by atoms with Crippen LogP contribution >= 0.6 is 15.9 Å². The zero-order valence-electron chi connectivity index (χ0n) is 18.5. The summed E-state index contributed by atoms with van der Waals surface area (Å²) >= 11 is 3.52. The quantitative estimate of drug-likeness (QED) is 0.291. The van der Waals surface area contributed by atoms with Crippen LogP contribution in [0.5, 0.6) is 0 Å². The van der Waals surface area contributed by atoms with Crippen LogP contribution in [0.25, 0.3) is 0 Å². The van der Waals surface area contributed by atoms with E-state index in [0.29, 0.717) is 0 Å². The maximum Gasteiger partial charge on any atom is 0.0976 e. The van der Waals surface area contributed by atoms with Crippen molar-refractivity contribution in [2.75, 3.05) is 6.54 Å². The van der Waals surface area contributed by atoms with Crippen molar-refractivity contribution < 1.29 is 5.11 Å². The average Bonchev–Trinajstić information content (AvgIpc) is 3.37. The molecule has 0 aromatic heterocycles. The van der Waals surface area contributed by atoms with Crippen LogP contribution in [0.3, 0.4) is 0 Å². The first-order chi connectivity index (χ1) is 16.2. The van der Waals surface area contributed by atoms with Crippen LogP contribution in [0.15, 0.2) is 120 Å². The Bertz CT molecular complexity index is 1070. The van der Waals surface area contributed by atoms with Crippen molar-refractivity contribution in [3.05, 3.63) is 142 Å². The predicted octanol–water partition coefficient (Wildman–Crippen LogP) is 6.94. The van der Waals surface area contributed by atoms with Crippen molar-refractivity contribution in [1.29, 1.82) is 0 Å². The summed E-state index contributed by atoms with van der Waals surface area (Å²) in [6, 6.07) is 40.3. The number of benzene rings is 4. The van der Waals surface area contributed by atoms with Crippen molar-refractivity contribution in [3.63, 3.8) is 0 Å². The monoisotopic (exact) mass is 497 g/mol. The highest BCUT2D eigenvalue weighted by atomic mass is 79.9. The van der Waals surface area contributed by atoms with E-state index in [4.69, 9.17) is 0 Å². The van der Waals surface area contributed by atoms with Gasteiger partial charge in [0.15, 0.2) is 0 Å². The lowest BCUT2D eigenvalue weighted by Gasteiger charge is -2.47. The van der Waals surface area contributed by atoms with Gasteiger partial charge in [0.25, 0.3) is 0 Å². The molecule has 2 nitrogen and oxygen atoms in total. The lowest BCUT2D eigenvalue weighted by Crippen LogP contribution is -2.52. The van der Waals surface area contributed by atoms with E-state index in [-0.39, 0.29) is 6.04 Å². The number of aliphatic hydroxyl groups excluding tert-OH is 1. The zero-order valence-corrected chi connectivity index (χ0v) is 20.1. The SMILES string of the molecule is OC(c1ccc(Br)cc1)[C@@H]1CCCN1C(c1ccccc1)(c1ccccc1)c1ccccc1. The second kappa shape index (κ2) is 9.64. The van der Waals surface area contributed by atoms with Crippen molar-refractivity contribution in [3.8, 4) is 0 Å². The third-order valence-corrected chi connectivity index (χ3v) is 7.41. The first-order valence-electron chi connectivity index (χ1n) is 11.6. The fourth-order valence-electron chi connectivity index (χ4n) is 5.45. The highest BCUT2D eigenvalue weighted by Gasteiger charge is 2.48. The molecule has 0 aliphatic carbocycles. The van der Waals surface area contributed by atoms with Crippen LogP contribution in [0.1, 0.15) is 41.2 Å². The number of hydrogen-bond acceptors (Lipinski definition) is 2. The molecule has 4 aromatic carbocycles. The molecule has 1 heterocycles. The second-order valence-electron chi connectivity index (χ2n) is 8.71. The molecule has 33 heavy (non-hydrogen) atoms. The molecule has 0 radical (unpaired) electrons. The Morgan fingerprint density at radius 3 is 1.61 bits per heavy atom. The van der Waals surface area contributed by atoms with E-state index in [1.165, 1.54) is 16.7 Å². The molecular weight excluding hydrogens is 470 g/mol. The lowest BCUT2D eigenvalue weighted by molar-refractivity contribution is 0.0325. The van der Waals surface area contributed by atoms with E-state index >= 15 is 0 Å². The van der Waals surface area contributed by atoms with Gasteiger partial charge in [-0.05, 0) is 47.2 Å². The van der Waals surface area contributed by atoms with E-state index in [0.717, 1.165) is 29.4 Å². The summed E-state index contributed by atoms with van der Waals surface area (Å²) < 4.78 is 1.02. The van der Waals surface area contributed by atoms with Crippen molar-refractivity contribution >= 4 is 15.9 Å². The van der Waals surface area contributed by atoms with E-state index in [9.17, 15) is 5.11 Å². The average molecular weight is 498 g/mol. The van der Waals surface area contributed by atoms with E-state index in [1.54, 1.807) is 0 Å². The number of likely N-dealkylation sites (tertiary alicyclic amines) is 1. The number of nitrogens with zero attached hydrogens (tertiary/aromatic N) is 1. The Kier molecular flexibility index (Phi) is 6.45. The minimum absolute atomic E-state index is 0.00760. The molecule has 0 saturated carbocycles. The van der Waals surface area contributed by atoms with Gasteiger partial charge >= 0.3 is 0 Å². The highest BCUT2D eigenvalue weighted by Crippen LogP contribution is 2.47. The lowest BCUT2D eigenvalue weighted by atomic mass is 9.74. The fraction of sp³-hybridized carbons (Fsp3) is 0.200. The standard InChI is InChI=1S/C30H28BrNO/c31-27-20-18-23(19-21-27)29(33)28-17-10-22-32(28)30(24-11-4-1-5-12-24,25-13-6-2-7-14-25)26-15-8-3-9-16-26/h1-9,11-16,18-21,28-29,33H,10,17,22H2/t28-,29?/m0/s1. The van der Waals surface area contributed by atoms with Crippen molar-refractivity contribution in [2.45, 2.75) is 30.5 Å². The van der Waals surface area contributed by atoms with E-state index < -0.39 is 11.6 Å². The molecule has 3 heteroatoms. The van der Waals surface area contributed by atoms with Crippen LogP contribution in [0.4, 0.5) is 0 Å². The highest BCUT2D eigenvalue weighted by molar-refractivity contribution is 9.10. The van der Waals surface area contributed by atoms with Crippen LogP contribution in [-0.4, -0.2) is 22.6 Å². The van der Waals surface area contributed by atoms with Crippen LogP contribution in [0.2, 0.25) is 0 Å². The third-order valence-electron chi connectivity index (χ3n) is 6.88. The Hall–Kier alpha value is -2.72. The molecule has 1 N–H and O–H groups in total. The summed E-state index contributed by atoms with van der Waals surface area (Å²) in [5.74, 6) is 0. The Balaban J connectivity index is 1.72. The smallest absolute Gasteiger partial charge is 0.0976 e. The van der Waals surface area contributed by atoms with Gasteiger partial charge in [-0.3, -0.25) is 4.90 Å². The van der Waals surface area contributed by atoms with Gasteiger partial charge in [0, 0.05) is 17.1 Å². The summed E-state index contributed by atoms with van der Waals surface area (Å²) in [5.41, 5.74) is 4.12. The van der Waals surface area contributed by atoms with Gasteiger partial charge < -0.3 is 5.11 Å². The largest absolute Gasteiger partial charge is 0.387 e. The number of hydrogen-bond donors (Lipinski definition) is 1. The van der Waals surface area contributed by atoms with Gasteiger partial charge in [-0.25, -0.2) is 0 Å². The molecule has 166 valence electrons. The Morgan fingerprint density at radius 1 is 0.697 bits per heavy atom. The Morgan fingerprint density at radius 2 is 1.15 bits per heavy atom. The predicted molar refractivity (Wildman–Crippen MR) is 138 cm³/mol. The first-order valence-corrected chi connectivity index (χ1v) is 12.4. The number of halogens is 1. The maximum absolute atomic E-state index is 11.6. The molecule has 1 saturated heterocycles. The molecule has 4 aromatic rings.